The van der Waals surface area contributed by atoms with Gasteiger partial charge in [-0.2, -0.15) is 0 Å². The van der Waals surface area contributed by atoms with Crippen molar-refractivity contribution in [2.75, 3.05) is 13.2 Å². The summed E-state index contributed by atoms with van der Waals surface area (Å²) in [6, 6.07) is 23.4. The smallest absolute Gasteiger partial charge is 0.323 e. The zero-order chi connectivity index (χ0) is 19.3. The fourth-order valence-corrected chi connectivity index (χ4v) is 3.38. The van der Waals surface area contributed by atoms with Crippen LogP contribution in [-0.4, -0.2) is 28.9 Å². The first-order valence-corrected chi connectivity index (χ1v) is 9.26. The second-order valence-corrected chi connectivity index (χ2v) is 6.54. The highest BCUT2D eigenvalue weighted by Crippen LogP contribution is 2.31. The van der Waals surface area contributed by atoms with Crippen LogP contribution in [0.3, 0.4) is 0 Å². The van der Waals surface area contributed by atoms with Crippen molar-refractivity contribution < 1.29 is 19.4 Å². The van der Waals surface area contributed by atoms with Crippen molar-refractivity contribution in [2.24, 2.45) is 0 Å². The van der Waals surface area contributed by atoms with Crippen LogP contribution in [0.25, 0.3) is 21.8 Å². The lowest BCUT2D eigenvalue weighted by Gasteiger charge is -2.09. The molecule has 0 aliphatic carbocycles. The number of benzene rings is 3. The molecule has 28 heavy (non-hydrogen) atoms. The van der Waals surface area contributed by atoms with E-state index in [1.807, 2.05) is 77.4 Å². The molecule has 1 N–H and O–H groups in total. The minimum absolute atomic E-state index is 0.0849. The summed E-state index contributed by atoms with van der Waals surface area (Å²) in [6.07, 6.45) is 0.755. The summed E-state index contributed by atoms with van der Waals surface area (Å²) in [6.45, 7) is 1.02. The molecule has 0 unspecified atom stereocenters. The molecule has 0 amide bonds. The molecule has 4 rings (SSSR count). The number of aromatic nitrogens is 1. The number of nitrogens with zero attached hydrogens (tertiary/aromatic N) is 1. The third kappa shape index (κ3) is 3.78. The lowest BCUT2D eigenvalue weighted by Crippen LogP contribution is -2.08. The van der Waals surface area contributed by atoms with Gasteiger partial charge in [0.05, 0.1) is 18.7 Å². The fraction of sp³-hybridized carbons (Fsp3) is 0.174. The normalized spacial score (nSPS) is 11.0. The average Bonchev–Trinajstić information content (AvgIpc) is 3.01. The zero-order valence-corrected chi connectivity index (χ0v) is 15.4. The molecule has 3 aromatic carbocycles. The highest BCUT2D eigenvalue weighted by Gasteiger charge is 2.13. The maximum atomic E-state index is 11.3. The van der Waals surface area contributed by atoms with Gasteiger partial charge in [-0.15, -0.1) is 0 Å². The Hall–Kier alpha value is -3.47. The fourth-order valence-electron chi connectivity index (χ4n) is 3.38. The number of aliphatic carboxylic acids is 1. The van der Waals surface area contributed by atoms with Crippen molar-refractivity contribution >= 4 is 27.8 Å². The lowest BCUT2D eigenvalue weighted by molar-refractivity contribution is -0.137. The monoisotopic (exact) mass is 375 g/mol. The first-order chi connectivity index (χ1) is 13.7. The van der Waals surface area contributed by atoms with Crippen LogP contribution >= 0.6 is 0 Å². The van der Waals surface area contributed by atoms with E-state index >= 15 is 0 Å². The Kier molecular flexibility index (Phi) is 5.15. The minimum atomic E-state index is -0.868. The molecule has 5 nitrogen and oxygen atoms in total. The van der Waals surface area contributed by atoms with Crippen molar-refractivity contribution in [3.05, 3.63) is 72.8 Å². The molecule has 0 radical (unpaired) electrons. The van der Waals surface area contributed by atoms with Gasteiger partial charge in [0.2, 0.25) is 0 Å². The van der Waals surface area contributed by atoms with Gasteiger partial charge in [-0.05, 0) is 30.3 Å². The highest BCUT2D eigenvalue weighted by molar-refractivity contribution is 6.08. The summed E-state index contributed by atoms with van der Waals surface area (Å²) in [7, 11) is 0. The number of hydrogen-bond acceptors (Lipinski definition) is 3. The Morgan fingerprint density at radius 1 is 0.786 bits per heavy atom. The van der Waals surface area contributed by atoms with Crippen LogP contribution in [0.5, 0.6) is 11.5 Å². The number of hydrogen-bond donors (Lipinski definition) is 1. The van der Waals surface area contributed by atoms with Crippen LogP contribution in [0, 0.1) is 0 Å². The van der Waals surface area contributed by atoms with Crippen LogP contribution in [0.4, 0.5) is 0 Å². The van der Waals surface area contributed by atoms with E-state index in [2.05, 4.69) is 0 Å². The molecule has 1 heterocycles. The van der Waals surface area contributed by atoms with Crippen LogP contribution in [0.1, 0.15) is 6.42 Å². The van der Waals surface area contributed by atoms with Crippen molar-refractivity contribution in [2.45, 2.75) is 13.0 Å². The summed E-state index contributed by atoms with van der Waals surface area (Å²) in [4.78, 5) is 11.3. The Morgan fingerprint density at radius 3 is 2.25 bits per heavy atom. The zero-order valence-electron chi connectivity index (χ0n) is 15.4. The van der Waals surface area contributed by atoms with E-state index in [4.69, 9.17) is 9.47 Å². The van der Waals surface area contributed by atoms with E-state index in [1.165, 1.54) is 0 Å². The van der Waals surface area contributed by atoms with Gasteiger partial charge in [0, 0.05) is 28.8 Å². The van der Waals surface area contributed by atoms with Crippen LogP contribution < -0.4 is 9.47 Å². The Bertz CT molecular complexity index is 1100. The number of fused-ring (bicyclic) bond motifs is 3. The van der Waals surface area contributed by atoms with E-state index in [-0.39, 0.29) is 6.54 Å². The highest BCUT2D eigenvalue weighted by atomic mass is 16.5. The van der Waals surface area contributed by atoms with Crippen molar-refractivity contribution in [3.8, 4) is 11.5 Å². The van der Waals surface area contributed by atoms with Crippen molar-refractivity contribution in [1.82, 2.24) is 4.57 Å². The summed E-state index contributed by atoms with van der Waals surface area (Å²) < 4.78 is 13.4. The largest absolute Gasteiger partial charge is 0.493 e. The maximum Gasteiger partial charge on any atom is 0.323 e. The molecule has 0 aliphatic rings. The molecule has 0 spiro atoms. The number of ether oxygens (including phenoxy) is 2. The van der Waals surface area contributed by atoms with Gasteiger partial charge in [-0.3, -0.25) is 4.79 Å². The maximum absolute atomic E-state index is 11.3. The summed E-state index contributed by atoms with van der Waals surface area (Å²) in [5.41, 5.74) is 1.77. The molecule has 142 valence electrons. The number of carboxylic acids is 1. The summed E-state index contributed by atoms with van der Waals surface area (Å²) in [5.74, 6) is 0.704. The molecular weight excluding hydrogens is 354 g/mol. The van der Waals surface area contributed by atoms with E-state index in [0.29, 0.717) is 13.2 Å². The van der Waals surface area contributed by atoms with Gasteiger partial charge in [-0.1, -0.05) is 36.4 Å². The minimum Gasteiger partial charge on any atom is -0.493 e. The second-order valence-electron chi connectivity index (χ2n) is 6.54. The predicted octanol–water partition coefficient (Wildman–Crippen LogP) is 4.73. The molecule has 0 aliphatic heterocycles. The molecule has 0 bridgehead atoms. The Morgan fingerprint density at radius 2 is 1.46 bits per heavy atom. The van der Waals surface area contributed by atoms with Gasteiger partial charge in [0.25, 0.3) is 0 Å². The van der Waals surface area contributed by atoms with Gasteiger partial charge in [0.15, 0.2) is 0 Å². The summed E-state index contributed by atoms with van der Waals surface area (Å²) >= 11 is 0. The van der Waals surface area contributed by atoms with E-state index < -0.39 is 5.97 Å². The number of carboxylic acid groups (broad SMARTS) is 1. The third-order valence-corrected chi connectivity index (χ3v) is 4.61. The van der Waals surface area contributed by atoms with Crippen LogP contribution in [0.15, 0.2) is 72.8 Å². The quantitative estimate of drug-likeness (QED) is 0.453. The lowest BCUT2D eigenvalue weighted by atomic mass is 10.1. The number of para-hydroxylation sites is 2. The first-order valence-electron chi connectivity index (χ1n) is 9.26. The van der Waals surface area contributed by atoms with Crippen LogP contribution in [0.2, 0.25) is 0 Å². The van der Waals surface area contributed by atoms with E-state index in [9.17, 15) is 9.90 Å². The molecule has 0 atom stereocenters. The van der Waals surface area contributed by atoms with Crippen LogP contribution in [-0.2, 0) is 11.3 Å². The predicted molar refractivity (Wildman–Crippen MR) is 109 cm³/mol. The number of rotatable bonds is 8. The third-order valence-electron chi connectivity index (χ3n) is 4.61. The van der Waals surface area contributed by atoms with Gasteiger partial charge >= 0.3 is 5.97 Å². The molecule has 5 heteroatoms. The van der Waals surface area contributed by atoms with Gasteiger partial charge < -0.3 is 19.1 Å². The van der Waals surface area contributed by atoms with E-state index in [0.717, 1.165) is 39.7 Å². The molecule has 0 fully saturated rings. The van der Waals surface area contributed by atoms with Gasteiger partial charge in [0.1, 0.15) is 18.0 Å². The SMILES string of the molecule is O=C(O)Cn1c2ccccc2c2ccc(OCCCOc3ccccc3)cc21. The molecular formula is C23H21NO4. The Balaban J connectivity index is 1.48. The number of carbonyl (C=O) groups is 1. The second kappa shape index (κ2) is 8.05. The summed E-state index contributed by atoms with van der Waals surface area (Å²) in [5, 5.41) is 11.4. The van der Waals surface area contributed by atoms with Crippen molar-refractivity contribution in [1.29, 1.82) is 0 Å². The molecule has 0 saturated carbocycles. The standard InChI is InChI=1S/C23H21NO4/c25-23(26)16-24-21-10-5-4-9-19(21)20-12-11-18(15-22(20)24)28-14-6-13-27-17-7-2-1-3-8-17/h1-5,7-12,15H,6,13-14,16H2,(H,25,26). The Labute approximate surface area is 162 Å². The molecule has 0 saturated heterocycles. The van der Waals surface area contributed by atoms with Crippen molar-refractivity contribution in [3.63, 3.8) is 0 Å². The molecule has 1 aromatic heterocycles. The molecule has 4 aromatic rings. The van der Waals surface area contributed by atoms with Gasteiger partial charge in [-0.25, -0.2) is 0 Å². The first kappa shape index (κ1) is 17.9. The topological polar surface area (TPSA) is 60.7 Å². The average molecular weight is 375 g/mol. The van der Waals surface area contributed by atoms with E-state index in [1.54, 1.807) is 0 Å².